The van der Waals surface area contributed by atoms with Gasteiger partial charge in [0.1, 0.15) is 17.3 Å². The number of ether oxygens (including phenoxy) is 2. The van der Waals surface area contributed by atoms with Gasteiger partial charge in [0.15, 0.2) is 18.5 Å². The van der Waals surface area contributed by atoms with Gasteiger partial charge in [0, 0.05) is 22.7 Å². The molecule has 0 saturated heterocycles. The monoisotopic (exact) mass is 536 g/mol. The average Bonchev–Trinajstić information content (AvgIpc) is 2.82. The van der Waals surface area contributed by atoms with Crippen LogP contribution in [0, 0.1) is 11.7 Å². The minimum atomic E-state index is -0.902. The minimum absolute atomic E-state index is 0.0199. The Morgan fingerprint density at radius 3 is 2.72 bits per heavy atom. The van der Waals surface area contributed by atoms with Gasteiger partial charge in [0.2, 0.25) is 0 Å². The Labute approximate surface area is 218 Å². The second kappa shape index (κ2) is 10.6. The summed E-state index contributed by atoms with van der Waals surface area (Å²) in [5.74, 6) is -0.837. The van der Waals surface area contributed by atoms with E-state index in [1.807, 2.05) is 13.8 Å². The molecule has 0 bridgehead atoms. The molecule has 1 heterocycles. The van der Waals surface area contributed by atoms with Crippen LogP contribution in [0.3, 0.4) is 0 Å². The molecule has 7 nitrogen and oxygen atoms in total. The molecule has 2 aromatic carbocycles. The van der Waals surface area contributed by atoms with Crippen molar-refractivity contribution in [2.24, 2.45) is 5.92 Å². The molecule has 0 radical (unpaired) electrons. The van der Waals surface area contributed by atoms with E-state index in [1.165, 1.54) is 12.1 Å². The van der Waals surface area contributed by atoms with Crippen LogP contribution in [0.4, 0.5) is 4.39 Å². The lowest BCUT2D eigenvalue weighted by Crippen LogP contribution is -2.56. The zero-order valence-corrected chi connectivity index (χ0v) is 21.4. The van der Waals surface area contributed by atoms with Crippen LogP contribution in [0.5, 0.6) is 11.5 Å². The van der Waals surface area contributed by atoms with Crippen LogP contribution in [-0.4, -0.2) is 41.9 Å². The highest BCUT2D eigenvalue weighted by atomic mass is 35.5. The Hall–Kier alpha value is -2.84. The molecule has 1 aliphatic carbocycles. The summed E-state index contributed by atoms with van der Waals surface area (Å²) in [6, 6.07) is 8.62. The normalized spacial score (nSPS) is 25.4. The molecule has 10 heteroatoms. The van der Waals surface area contributed by atoms with E-state index in [2.05, 4.69) is 10.6 Å². The van der Waals surface area contributed by atoms with Crippen molar-refractivity contribution in [3.05, 3.63) is 57.8 Å². The highest BCUT2D eigenvalue weighted by Gasteiger charge is 2.39. The third-order valence-corrected chi connectivity index (χ3v) is 7.21. The molecule has 192 valence electrons. The standard InChI is InChI=1S/C26H27Cl2FN2O5/c1-14-12-26(2,31-24(33)13-35-16-4-5-18(28)19(29)10-16)8-7-20(14)30-25(34)23-11-21(32)17-9-15(27)3-6-22(17)36-23/h3-6,9-10,14,20,23H,7-8,11-13H2,1-2H3,(H,30,34)(H,31,33)/t14-,20+,23-,26+/m1/s1. The van der Waals surface area contributed by atoms with Crippen LogP contribution in [0.25, 0.3) is 0 Å². The summed E-state index contributed by atoms with van der Waals surface area (Å²) in [4.78, 5) is 37.9. The van der Waals surface area contributed by atoms with Crippen molar-refractivity contribution >= 4 is 40.8 Å². The Bertz CT molecular complexity index is 1190. The number of fused-ring (bicyclic) bond motifs is 1. The number of nitrogens with one attached hydrogen (secondary N) is 2. The summed E-state index contributed by atoms with van der Waals surface area (Å²) in [5, 5.41) is 6.44. The number of carbonyl (C=O) groups is 3. The fraction of sp³-hybridized carbons (Fsp3) is 0.423. The molecule has 4 atom stereocenters. The van der Waals surface area contributed by atoms with E-state index in [0.29, 0.717) is 35.6 Å². The van der Waals surface area contributed by atoms with Crippen molar-refractivity contribution in [1.82, 2.24) is 10.6 Å². The van der Waals surface area contributed by atoms with E-state index in [-0.39, 0.29) is 53.4 Å². The van der Waals surface area contributed by atoms with Crippen molar-refractivity contribution in [2.45, 2.75) is 57.2 Å². The number of carbonyl (C=O) groups excluding carboxylic acids is 3. The van der Waals surface area contributed by atoms with Gasteiger partial charge in [-0.3, -0.25) is 14.4 Å². The summed E-state index contributed by atoms with van der Waals surface area (Å²) in [7, 11) is 0. The molecule has 2 amide bonds. The smallest absolute Gasteiger partial charge is 0.261 e. The van der Waals surface area contributed by atoms with Gasteiger partial charge < -0.3 is 20.1 Å². The topological polar surface area (TPSA) is 93.7 Å². The SMILES string of the molecule is C[C@@H]1C[C@@](C)(NC(=O)COc2ccc(Cl)c(F)c2)CC[C@@H]1NC(=O)[C@H]1CC(=O)c2cc(Cl)ccc2O1. The van der Waals surface area contributed by atoms with Crippen LogP contribution in [0.15, 0.2) is 36.4 Å². The van der Waals surface area contributed by atoms with Crippen LogP contribution in [0.1, 0.15) is 49.9 Å². The molecule has 2 N–H and O–H groups in total. The number of benzene rings is 2. The number of rotatable bonds is 6. The summed E-state index contributed by atoms with van der Waals surface area (Å²) in [6.07, 6.45) is 0.951. The Morgan fingerprint density at radius 1 is 1.22 bits per heavy atom. The summed E-state index contributed by atoms with van der Waals surface area (Å²) in [5.41, 5.74) is -0.101. The Balaban J connectivity index is 1.28. The largest absolute Gasteiger partial charge is 0.484 e. The molecule has 1 aliphatic heterocycles. The fourth-order valence-electron chi connectivity index (χ4n) is 4.85. The molecule has 0 unspecified atom stereocenters. The first kappa shape index (κ1) is 26.2. The Kier molecular flexibility index (Phi) is 7.76. The van der Waals surface area contributed by atoms with Gasteiger partial charge in [0.25, 0.3) is 11.8 Å². The number of halogens is 3. The maximum Gasteiger partial charge on any atom is 0.261 e. The quantitative estimate of drug-likeness (QED) is 0.556. The first-order valence-electron chi connectivity index (χ1n) is 11.7. The molecular formula is C26H27Cl2FN2O5. The van der Waals surface area contributed by atoms with E-state index in [4.69, 9.17) is 32.7 Å². The molecule has 2 aromatic rings. The average molecular weight is 537 g/mol. The number of ketones is 1. The molecule has 1 fully saturated rings. The lowest BCUT2D eigenvalue weighted by molar-refractivity contribution is -0.130. The zero-order valence-electron chi connectivity index (χ0n) is 19.9. The summed E-state index contributed by atoms with van der Waals surface area (Å²) < 4.78 is 24.7. The van der Waals surface area contributed by atoms with Crippen LogP contribution in [0.2, 0.25) is 10.0 Å². The van der Waals surface area contributed by atoms with Crippen LogP contribution < -0.4 is 20.1 Å². The summed E-state index contributed by atoms with van der Waals surface area (Å²) in [6.45, 7) is 3.70. The highest BCUT2D eigenvalue weighted by molar-refractivity contribution is 6.31. The van der Waals surface area contributed by atoms with E-state index < -0.39 is 17.5 Å². The molecule has 0 spiro atoms. The maximum absolute atomic E-state index is 13.6. The lowest BCUT2D eigenvalue weighted by atomic mass is 9.74. The van der Waals surface area contributed by atoms with E-state index in [9.17, 15) is 18.8 Å². The number of Topliss-reactive ketones (excluding diaryl/α,β-unsaturated/α-hetero) is 1. The van der Waals surface area contributed by atoms with Crippen molar-refractivity contribution < 1.29 is 28.2 Å². The van der Waals surface area contributed by atoms with Gasteiger partial charge in [-0.15, -0.1) is 0 Å². The first-order valence-corrected chi connectivity index (χ1v) is 12.5. The highest BCUT2D eigenvalue weighted by Crippen LogP contribution is 2.34. The third-order valence-electron chi connectivity index (χ3n) is 6.67. The predicted molar refractivity (Wildman–Crippen MR) is 133 cm³/mol. The van der Waals surface area contributed by atoms with Gasteiger partial charge in [-0.05, 0) is 62.4 Å². The molecular weight excluding hydrogens is 510 g/mol. The van der Waals surface area contributed by atoms with Gasteiger partial charge in [-0.1, -0.05) is 30.1 Å². The second-order valence-corrected chi connectivity index (χ2v) is 10.5. The zero-order chi connectivity index (χ0) is 26.0. The van der Waals surface area contributed by atoms with Crippen LogP contribution >= 0.6 is 23.2 Å². The number of hydrogen-bond donors (Lipinski definition) is 2. The molecule has 1 saturated carbocycles. The van der Waals surface area contributed by atoms with E-state index in [1.54, 1.807) is 18.2 Å². The van der Waals surface area contributed by atoms with Crippen LogP contribution in [-0.2, 0) is 9.59 Å². The first-order chi connectivity index (χ1) is 17.0. The molecule has 36 heavy (non-hydrogen) atoms. The van der Waals surface area contributed by atoms with Gasteiger partial charge in [-0.2, -0.15) is 0 Å². The van der Waals surface area contributed by atoms with Crippen molar-refractivity contribution in [2.75, 3.05) is 6.61 Å². The predicted octanol–water partition coefficient (Wildman–Crippen LogP) is 4.73. The van der Waals surface area contributed by atoms with Gasteiger partial charge >= 0.3 is 0 Å². The third kappa shape index (κ3) is 6.10. The number of amides is 2. The fourth-order valence-corrected chi connectivity index (χ4v) is 5.14. The molecule has 0 aromatic heterocycles. The maximum atomic E-state index is 13.6. The van der Waals surface area contributed by atoms with Crippen molar-refractivity contribution in [3.8, 4) is 11.5 Å². The number of hydrogen-bond acceptors (Lipinski definition) is 5. The van der Waals surface area contributed by atoms with E-state index in [0.717, 1.165) is 6.07 Å². The minimum Gasteiger partial charge on any atom is -0.484 e. The summed E-state index contributed by atoms with van der Waals surface area (Å²) >= 11 is 11.6. The van der Waals surface area contributed by atoms with Crippen molar-refractivity contribution in [3.63, 3.8) is 0 Å². The Morgan fingerprint density at radius 2 is 2.00 bits per heavy atom. The van der Waals surface area contributed by atoms with Gasteiger partial charge in [0.05, 0.1) is 17.0 Å². The van der Waals surface area contributed by atoms with E-state index >= 15 is 0 Å². The second-order valence-electron chi connectivity index (χ2n) is 9.68. The molecule has 4 rings (SSSR count). The molecule has 2 aliphatic rings. The van der Waals surface area contributed by atoms with Crippen molar-refractivity contribution in [1.29, 1.82) is 0 Å². The lowest BCUT2D eigenvalue weighted by Gasteiger charge is -2.42. The van der Waals surface area contributed by atoms with Gasteiger partial charge in [-0.25, -0.2) is 4.39 Å².